The van der Waals surface area contributed by atoms with Crippen molar-refractivity contribution in [2.75, 3.05) is 10.2 Å². The molecule has 0 aliphatic heterocycles. The minimum Gasteiger partial charge on any atom is -0.355 e. The lowest BCUT2D eigenvalue weighted by atomic mass is 9.99. The van der Waals surface area contributed by atoms with E-state index < -0.39 is 0 Å². The third kappa shape index (κ3) is 6.77. The summed E-state index contributed by atoms with van der Waals surface area (Å²) in [5.74, 6) is 0. The third-order valence-electron chi connectivity index (χ3n) is 10.1. The first-order valence-electron chi connectivity index (χ1n) is 18.4. The average molecular weight is 691 g/mol. The van der Waals surface area contributed by atoms with Crippen molar-refractivity contribution in [1.29, 1.82) is 0 Å². The standard InChI is InChI=1S/C52H38N2/c1-3-14-38(15-4-1)40-28-32-47(33-29-40)54(52-25-12-10-23-50(52)42-17-5-2-6-18-42)48-34-30-41(31-35-48)44-20-13-21-46(37-44)53-51-24-11-9-22-49(51)45-27-26-39-16-7-8-19-43(39)36-45/h1-37,53H. The normalized spacial score (nSPS) is 11.0. The lowest BCUT2D eigenvalue weighted by Crippen LogP contribution is -2.11. The highest BCUT2D eigenvalue weighted by Crippen LogP contribution is 2.42. The molecule has 0 amide bonds. The number of hydrogen-bond acceptors (Lipinski definition) is 2. The van der Waals surface area contributed by atoms with Crippen LogP contribution in [-0.4, -0.2) is 0 Å². The van der Waals surface area contributed by atoms with E-state index in [9.17, 15) is 0 Å². The van der Waals surface area contributed by atoms with Crippen molar-refractivity contribution in [3.8, 4) is 44.5 Å². The molecule has 0 bridgehead atoms. The van der Waals surface area contributed by atoms with Gasteiger partial charge in [-0.05, 0) is 98.8 Å². The maximum atomic E-state index is 3.73. The molecule has 0 atom stereocenters. The molecule has 0 radical (unpaired) electrons. The number of benzene rings is 9. The van der Waals surface area contributed by atoms with Crippen molar-refractivity contribution in [3.05, 3.63) is 224 Å². The van der Waals surface area contributed by atoms with Crippen molar-refractivity contribution in [3.63, 3.8) is 0 Å². The molecule has 0 aromatic heterocycles. The molecule has 0 saturated carbocycles. The van der Waals surface area contributed by atoms with Gasteiger partial charge < -0.3 is 10.2 Å². The molecular formula is C52H38N2. The number of para-hydroxylation sites is 2. The summed E-state index contributed by atoms with van der Waals surface area (Å²) in [5, 5.41) is 6.21. The van der Waals surface area contributed by atoms with E-state index in [1.165, 1.54) is 44.2 Å². The number of nitrogens with one attached hydrogen (secondary N) is 1. The first-order valence-corrected chi connectivity index (χ1v) is 18.4. The van der Waals surface area contributed by atoms with Gasteiger partial charge in [0.2, 0.25) is 0 Å². The molecule has 9 rings (SSSR count). The predicted molar refractivity (Wildman–Crippen MR) is 230 cm³/mol. The molecule has 2 heteroatoms. The number of rotatable bonds is 9. The van der Waals surface area contributed by atoms with Gasteiger partial charge >= 0.3 is 0 Å². The molecule has 0 heterocycles. The van der Waals surface area contributed by atoms with E-state index in [0.717, 1.165) is 39.6 Å². The maximum Gasteiger partial charge on any atom is 0.0540 e. The van der Waals surface area contributed by atoms with Gasteiger partial charge in [-0.2, -0.15) is 0 Å². The molecule has 256 valence electrons. The zero-order chi connectivity index (χ0) is 36.1. The van der Waals surface area contributed by atoms with Gasteiger partial charge in [0.1, 0.15) is 0 Å². The summed E-state index contributed by atoms with van der Waals surface area (Å²) < 4.78 is 0. The van der Waals surface area contributed by atoms with Crippen LogP contribution in [0.25, 0.3) is 55.3 Å². The molecule has 0 spiro atoms. The Morgan fingerprint density at radius 3 is 1.54 bits per heavy atom. The molecule has 0 saturated heterocycles. The summed E-state index contributed by atoms with van der Waals surface area (Å²) in [6.45, 7) is 0. The number of nitrogens with zero attached hydrogens (tertiary/aromatic N) is 1. The van der Waals surface area contributed by atoms with E-state index >= 15 is 0 Å². The van der Waals surface area contributed by atoms with Crippen molar-refractivity contribution in [2.45, 2.75) is 0 Å². The summed E-state index contributed by atoms with van der Waals surface area (Å²) in [6.07, 6.45) is 0. The van der Waals surface area contributed by atoms with Crippen LogP contribution in [0, 0.1) is 0 Å². The SMILES string of the molecule is c1ccc(-c2ccc(N(c3ccc(-c4cccc(Nc5ccccc5-c5ccc6ccccc6c5)c4)cc3)c3ccccc3-c3ccccc3)cc2)cc1. The van der Waals surface area contributed by atoms with E-state index in [4.69, 9.17) is 0 Å². The lowest BCUT2D eigenvalue weighted by molar-refractivity contribution is 1.28. The molecule has 1 N–H and O–H groups in total. The molecule has 9 aromatic rings. The van der Waals surface area contributed by atoms with Crippen LogP contribution in [0.4, 0.5) is 28.4 Å². The van der Waals surface area contributed by atoms with Gasteiger partial charge in [-0.15, -0.1) is 0 Å². The maximum absolute atomic E-state index is 3.73. The largest absolute Gasteiger partial charge is 0.355 e. The van der Waals surface area contributed by atoms with Gasteiger partial charge in [0, 0.05) is 33.9 Å². The van der Waals surface area contributed by atoms with Gasteiger partial charge in [0.25, 0.3) is 0 Å². The summed E-state index contributed by atoms with van der Waals surface area (Å²) in [4.78, 5) is 2.36. The monoisotopic (exact) mass is 690 g/mol. The van der Waals surface area contributed by atoms with Crippen LogP contribution in [0.5, 0.6) is 0 Å². The summed E-state index contributed by atoms with van der Waals surface area (Å²) in [6, 6.07) is 80.1. The van der Waals surface area contributed by atoms with E-state index in [2.05, 4.69) is 235 Å². The van der Waals surface area contributed by atoms with Crippen LogP contribution in [0.2, 0.25) is 0 Å². The second-order valence-electron chi connectivity index (χ2n) is 13.5. The Bertz CT molecular complexity index is 2660. The average Bonchev–Trinajstić information content (AvgIpc) is 3.25. The number of hydrogen-bond donors (Lipinski definition) is 1. The van der Waals surface area contributed by atoms with Crippen LogP contribution in [0.3, 0.4) is 0 Å². The van der Waals surface area contributed by atoms with Gasteiger partial charge in [0.15, 0.2) is 0 Å². The van der Waals surface area contributed by atoms with Crippen LogP contribution < -0.4 is 10.2 Å². The fourth-order valence-corrected chi connectivity index (χ4v) is 7.33. The Morgan fingerprint density at radius 1 is 0.296 bits per heavy atom. The van der Waals surface area contributed by atoms with Crippen LogP contribution >= 0.6 is 0 Å². The van der Waals surface area contributed by atoms with Crippen molar-refractivity contribution in [2.24, 2.45) is 0 Å². The van der Waals surface area contributed by atoms with Crippen LogP contribution in [0.15, 0.2) is 224 Å². The zero-order valence-corrected chi connectivity index (χ0v) is 29.8. The summed E-state index contributed by atoms with van der Waals surface area (Å²) >= 11 is 0. The van der Waals surface area contributed by atoms with Gasteiger partial charge in [-0.25, -0.2) is 0 Å². The van der Waals surface area contributed by atoms with Crippen LogP contribution in [0.1, 0.15) is 0 Å². The molecule has 9 aromatic carbocycles. The highest BCUT2D eigenvalue weighted by atomic mass is 15.1. The zero-order valence-electron chi connectivity index (χ0n) is 29.8. The van der Waals surface area contributed by atoms with Gasteiger partial charge in [-0.1, -0.05) is 170 Å². The van der Waals surface area contributed by atoms with Crippen molar-refractivity contribution < 1.29 is 0 Å². The smallest absolute Gasteiger partial charge is 0.0540 e. The molecule has 0 unspecified atom stereocenters. The Morgan fingerprint density at radius 2 is 0.815 bits per heavy atom. The van der Waals surface area contributed by atoms with Gasteiger partial charge in [-0.3, -0.25) is 0 Å². The summed E-state index contributed by atoms with van der Waals surface area (Å²) in [7, 11) is 0. The van der Waals surface area contributed by atoms with Crippen molar-refractivity contribution >= 4 is 39.2 Å². The predicted octanol–water partition coefficient (Wildman–Crippen LogP) is 14.7. The lowest BCUT2D eigenvalue weighted by Gasteiger charge is -2.28. The minimum atomic E-state index is 1.04. The Balaban J connectivity index is 1.05. The fourth-order valence-electron chi connectivity index (χ4n) is 7.33. The van der Waals surface area contributed by atoms with E-state index in [0.29, 0.717) is 0 Å². The topological polar surface area (TPSA) is 15.3 Å². The van der Waals surface area contributed by atoms with E-state index in [1.807, 2.05) is 0 Å². The molecule has 54 heavy (non-hydrogen) atoms. The van der Waals surface area contributed by atoms with Crippen LogP contribution in [-0.2, 0) is 0 Å². The fraction of sp³-hybridized carbons (Fsp3) is 0. The van der Waals surface area contributed by atoms with Crippen molar-refractivity contribution in [1.82, 2.24) is 0 Å². The number of fused-ring (bicyclic) bond motifs is 1. The second-order valence-corrected chi connectivity index (χ2v) is 13.5. The molecule has 0 fully saturated rings. The highest BCUT2D eigenvalue weighted by molar-refractivity contribution is 5.92. The minimum absolute atomic E-state index is 1.04. The van der Waals surface area contributed by atoms with E-state index in [-0.39, 0.29) is 0 Å². The Kier molecular flexibility index (Phi) is 8.99. The van der Waals surface area contributed by atoms with E-state index in [1.54, 1.807) is 0 Å². The van der Waals surface area contributed by atoms with Gasteiger partial charge in [0.05, 0.1) is 5.69 Å². The first kappa shape index (κ1) is 32.7. The molecule has 0 aliphatic rings. The summed E-state index contributed by atoms with van der Waals surface area (Å²) in [5.41, 5.74) is 14.9. The highest BCUT2D eigenvalue weighted by Gasteiger charge is 2.17. The quantitative estimate of drug-likeness (QED) is 0.162. The molecular weight excluding hydrogens is 653 g/mol. The molecule has 0 aliphatic carbocycles. The first-order chi connectivity index (χ1) is 26.8. The second kappa shape index (κ2) is 14.8. The third-order valence-corrected chi connectivity index (χ3v) is 10.1. The Hall–Kier alpha value is -7.16. The Labute approximate surface area is 317 Å². The molecule has 2 nitrogen and oxygen atoms in total. The number of anilines is 5.